The maximum absolute atomic E-state index is 6.92. The van der Waals surface area contributed by atoms with E-state index >= 15 is 0 Å². The highest BCUT2D eigenvalue weighted by atomic mass is 16.5. The van der Waals surface area contributed by atoms with E-state index in [1.165, 1.54) is 71.0 Å². The Morgan fingerprint density at radius 1 is 0.477 bits per heavy atom. The van der Waals surface area contributed by atoms with Gasteiger partial charge in [0.25, 0.3) is 0 Å². The molecule has 0 saturated heterocycles. The molecular weight excluding hydrogens is 542 g/mol. The molecule has 0 amide bonds. The molecule has 1 unspecified atom stereocenters. The fraction of sp³-hybridized carbons (Fsp3) is 0.0263. The quantitative estimate of drug-likeness (QED) is 0.146. The van der Waals surface area contributed by atoms with Crippen molar-refractivity contribution >= 4 is 76.3 Å². The number of para-hydroxylation sites is 2. The lowest BCUT2D eigenvalue weighted by molar-refractivity contribution is -0.992. The average Bonchev–Trinajstić information content (AvgIpc) is 3.79. The molecule has 8 heterocycles. The van der Waals surface area contributed by atoms with Gasteiger partial charge in [-0.05, 0) is 57.2 Å². The van der Waals surface area contributed by atoms with Crippen molar-refractivity contribution in [1.29, 1.82) is 0 Å². The summed E-state index contributed by atoms with van der Waals surface area (Å²) >= 11 is 0. The lowest BCUT2D eigenvalue weighted by Crippen LogP contribution is -2.74. The molecule has 3 aliphatic rings. The molecule has 6 heteroatoms. The van der Waals surface area contributed by atoms with Gasteiger partial charge < -0.3 is 4.74 Å². The third-order valence-electron chi connectivity index (χ3n) is 10.6. The minimum Gasteiger partial charge on any atom is -0.455 e. The monoisotopic (exact) mass is 561 g/mol. The van der Waals surface area contributed by atoms with E-state index in [1.54, 1.807) is 0 Å². The van der Waals surface area contributed by atoms with Gasteiger partial charge >= 0.3 is 5.66 Å². The van der Waals surface area contributed by atoms with Crippen LogP contribution in [0.5, 0.6) is 11.5 Å². The van der Waals surface area contributed by atoms with Gasteiger partial charge in [-0.1, -0.05) is 54.6 Å². The normalized spacial score (nSPS) is 17.4. The molecule has 13 rings (SSSR count). The van der Waals surface area contributed by atoms with E-state index in [1.807, 2.05) is 6.20 Å². The number of hydrogen-bond acceptors (Lipinski definition) is 2. The molecule has 0 aliphatic carbocycles. The summed E-state index contributed by atoms with van der Waals surface area (Å²) in [5, 5.41) is 8.53. The van der Waals surface area contributed by atoms with Crippen molar-refractivity contribution in [3.8, 4) is 11.5 Å². The summed E-state index contributed by atoms with van der Waals surface area (Å²) in [5.41, 5.74) is 9.79. The van der Waals surface area contributed by atoms with Crippen LogP contribution in [0.4, 0.5) is 0 Å². The smallest absolute Gasteiger partial charge is 0.455 e. The maximum atomic E-state index is 6.92. The van der Waals surface area contributed by atoms with Gasteiger partial charge in [-0.3, -0.25) is 4.98 Å². The molecule has 0 bridgehead atoms. The van der Waals surface area contributed by atoms with Gasteiger partial charge in [-0.25, -0.2) is 0 Å². The molecule has 1 atom stereocenters. The van der Waals surface area contributed by atoms with Gasteiger partial charge in [0, 0.05) is 39.9 Å². The van der Waals surface area contributed by atoms with Crippen molar-refractivity contribution < 1.29 is 14.1 Å². The summed E-state index contributed by atoms with van der Waals surface area (Å²) in [6.45, 7) is 0. The van der Waals surface area contributed by atoms with Crippen molar-refractivity contribution in [3.05, 3.63) is 127 Å². The van der Waals surface area contributed by atoms with Gasteiger partial charge in [0.15, 0.2) is 11.1 Å². The van der Waals surface area contributed by atoms with Gasteiger partial charge in [0.1, 0.15) is 39.1 Å². The van der Waals surface area contributed by atoms with Crippen LogP contribution in [-0.4, -0.2) is 14.0 Å². The number of nitrogens with zero attached hydrogens (tertiary/aromatic N) is 5. The van der Waals surface area contributed by atoms with E-state index in [4.69, 9.17) is 9.72 Å². The van der Waals surface area contributed by atoms with Gasteiger partial charge in [0.2, 0.25) is 11.0 Å². The molecule has 1 spiro atoms. The highest BCUT2D eigenvalue weighted by Crippen LogP contribution is 2.57. The summed E-state index contributed by atoms with van der Waals surface area (Å²) in [6, 6.07) is 39.7. The fourth-order valence-electron chi connectivity index (χ4n) is 9.27. The SMILES string of the molecule is c1ccc2c(c1)c1ccc3c4c1n1c2c2ccccc2[n+]1C41c2c(ccc4c5cccnc5c5c6ccccc6[n+]1n5c24)O3. The number of aromatic nitrogens is 5. The van der Waals surface area contributed by atoms with Crippen LogP contribution in [-0.2, 0) is 5.66 Å². The van der Waals surface area contributed by atoms with E-state index in [0.717, 1.165) is 27.9 Å². The second-order valence-electron chi connectivity index (χ2n) is 12.4. The van der Waals surface area contributed by atoms with Gasteiger partial charge in [-0.15, -0.1) is 9.03 Å². The summed E-state index contributed by atoms with van der Waals surface area (Å²) in [4.78, 5) is 5.01. The molecule has 0 saturated carbocycles. The van der Waals surface area contributed by atoms with Crippen molar-refractivity contribution in [2.75, 3.05) is 0 Å². The Kier molecular flexibility index (Phi) is 2.99. The lowest BCUT2D eigenvalue weighted by atomic mass is 9.84. The number of pyridine rings is 3. The number of ether oxygens (including phenoxy) is 1. The Balaban J connectivity index is 1.45. The van der Waals surface area contributed by atoms with Crippen molar-refractivity contribution in [3.63, 3.8) is 0 Å². The average molecular weight is 562 g/mol. The first-order chi connectivity index (χ1) is 21.9. The minimum atomic E-state index is -0.723. The number of rotatable bonds is 0. The number of fused-ring (bicyclic) bond motifs is 12. The molecule has 200 valence electrons. The molecular formula is C38H19N5O+2. The summed E-state index contributed by atoms with van der Waals surface area (Å²) < 4.78 is 17.0. The molecule has 5 aromatic heterocycles. The summed E-state index contributed by atoms with van der Waals surface area (Å²) in [5.74, 6) is 1.81. The Morgan fingerprint density at radius 3 is 1.70 bits per heavy atom. The van der Waals surface area contributed by atoms with E-state index in [0.29, 0.717) is 0 Å². The Hall–Kier alpha value is -6.01. The predicted molar refractivity (Wildman–Crippen MR) is 170 cm³/mol. The predicted octanol–water partition coefficient (Wildman–Crippen LogP) is 7.11. The van der Waals surface area contributed by atoms with Crippen LogP contribution in [0.25, 0.3) is 76.3 Å². The lowest BCUT2D eigenvalue weighted by Gasteiger charge is -2.24. The standard InChI is InChI=1S/C38H19N5O/c1-2-9-22-20(8-1)23-15-17-29-31-35(23)40-34(22)25-10-3-5-13-27(25)42(40)38(31)32-30(44-29)18-16-24-21-12-7-19-39-33(21)37-26-11-4-6-14-28(26)43(38)41(37)36(24)32/h1-19H/q+2. The second kappa shape index (κ2) is 6.33. The van der Waals surface area contributed by atoms with E-state index in [-0.39, 0.29) is 0 Å². The highest BCUT2D eigenvalue weighted by Gasteiger charge is 2.73. The van der Waals surface area contributed by atoms with Crippen molar-refractivity contribution in [2.24, 2.45) is 0 Å². The van der Waals surface area contributed by atoms with Crippen LogP contribution in [0.1, 0.15) is 11.1 Å². The molecule has 6 nitrogen and oxygen atoms in total. The molecule has 0 radical (unpaired) electrons. The minimum absolute atomic E-state index is 0.723. The van der Waals surface area contributed by atoms with E-state index in [2.05, 4.69) is 128 Å². The van der Waals surface area contributed by atoms with Gasteiger partial charge in [-0.2, -0.15) is 0 Å². The highest BCUT2D eigenvalue weighted by molar-refractivity contribution is 6.21. The molecule has 10 aromatic rings. The summed E-state index contributed by atoms with van der Waals surface area (Å²) in [7, 11) is 0. The largest absolute Gasteiger partial charge is 0.470 e. The zero-order valence-corrected chi connectivity index (χ0v) is 23.1. The first-order valence-electron chi connectivity index (χ1n) is 15.1. The molecule has 5 aromatic carbocycles. The van der Waals surface area contributed by atoms with Crippen LogP contribution in [0, 0.1) is 0 Å². The number of benzene rings is 5. The first-order valence-corrected chi connectivity index (χ1v) is 15.1. The Bertz CT molecular complexity index is 2880. The van der Waals surface area contributed by atoms with E-state index in [9.17, 15) is 0 Å². The zero-order valence-electron chi connectivity index (χ0n) is 23.1. The van der Waals surface area contributed by atoms with Crippen LogP contribution >= 0.6 is 0 Å². The van der Waals surface area contributed by atoms with Crippen LogP contribution in [0.15, 0.2) is 115 Å². The first kappa shape index (κ1) is 20.8. The van der Waals surface area contributed by atoms with Gasteiger partial charge in [0.05, 0.1) is 10.8 Å². The topological polar surface area (TPSA) is 38.7 Å². The van der Waals surface area contributed by atoms with Crippen molar-refractivity contribution in [1.82, 2.24) is 14.0 Å². The third-order valence-corrected chi connectivity index (χ3v) is 10.6. The third kappa shape index (κ3) is 1.81. The molecule has 3 aliphatic heterocycles. The summed E-state index contributed by atoms with van der Waals surface area (Å²) in [6.07, 6.45) is 1.92. The Morgan fingerprint density at radius 2 is 1.00 bits per heavy atom. The second-order valence-corrected chi connectivity index (χ2v) is 12.4. The molecule has 44 heavy (non-hydrogen) atoms. The van der Waals surface area contributed by atoms with Crippen LogP contribution < -0.4 is 14.1 Å². The molecule has 0 N–H and O–H groups in total. The van der Waals surface area contributed by atoms with Crippen LogP contribution in [0.2, 0.25) is 0 Å². The zero-order chi connectivity index (χ0) is 28.1. The maximum Gasteiger partial charge on any atom is 0.470 e. The molecule has 0 fully saturated rings. The van der Waals surface area contributed by atoms with E-state index < -0.39 is 5.66 Å². The Labute approximate surface area is 247 Å². The number of hydrogen-bond donors (Lipinski definition) is 0. The van der Waals surface area contributed by atoms with Crippen LogP contribution in [0.3, 0.4) is 0 Å². The fourth-order valence-corrected chi connectivity index (χ4v) is 9.27. The van der Waals surface area contributed by atoms with Crippen molar-refractivity contribution in [2.45, 2.75) is 5.66 Å².